The Kier molecular flexibility index (Phi) is 65.0. The van der Waals surface area contributed by atoms with E-state index in [-0.39, 0.29) is 6.54 Å². The Hall–Kier alpha value is -2.46. The summed E-state index contributed by atoms with van der Waals surface area (Å²) in [7, 11) is 0. The largest absolute Gasteiger partial charge is 0.363 e. The van der Waals surface area contributed by atoms with Gasteiger partial charge in [0.25, 0.3) is 0 Å². The zero-order valence-corrected chi connectivity index (χ0v) is 56.2. The molecule has 0 aromatic heterocycles. The van der Waals surface area contributed by atoms with Gasteiger partial charge >= 0.3 is 12.1 Å². The first-order valence-electron chi connectivity index (χ1n) is 36.2. The Morgan fingerprint density at radius 3 is 0.919 bits per heavy atom. The van der Waals surface area contributed by atoms with Crippen molar-refractivity contribution in [3.8, 4) is 0 Å². The van der Waals surface area contributed by atoms with Crippen molar-refractivity contribution in [1.82, 2.24) is 58.5 Å². The number of hydrogen-bond acceptors (Lipinski definition) is 14. The van der Waals surface area contributed by atoms with Crippen LogP contribution in [0.3, 0.4) is 0 Å². The molecule has 4 amide bonds. The number of nitrogens with zero attached hydrogens (tertiary/aromatic N) is 1. The van der Waals surface area contributed by atoms with E-state index in [9.17, 15) is 19.8 Å². The third kappa shape index (κ3) is 54.5. The van der Waals surface area contributed by atoms with Crippen LogP contribution in [0.25, 0.3) is 0 Å². The Morgan fingerprint density at radius 2 is 0.605 bits per heavy atom. The zero-order valence-electron chi connectivity index (χ0n) is 56.2. The Bertz CT molecular complexity index is 1380. The highest BCUT2D eigenvalue weighted by Gasteiger charge is 2.54. The van der Waals surface area contributed by atoms with E-state index in [0.717, 1.165) is 200 Å². The van der Waals surface area contributed by atoms with Gasteiger partial charge in [0.15, 0.2) is 5.79 Å². The second-order valence-corrected chi connectivity index (χ2v) is 24.5. The lowest BCUT2D eigenvalue weighted by Crippen LogP contribution is -2.76. The van der Waals surface area contributed by atoms with Crippen LogP contribution in [0.15, 0.2) is 24.3 Å². The summed E-state index contributed by atoms with van der Waals surface area (Å²) >= 11 is 0. The van der Waals surface area contributed by atoms with E-state index < -0.39 is 23.4 Å². The van der Waals surface area contributed by atoms with Crippen molar-refractivity contribution in [3.05, 3.63) is 24.3 Å². The average Bonchev–Trinajstić information content (AvgIpc) is 3.12. The quantitative estimate of drug-likeness (QED) is 0.0117. The molecule has 0 unspecified atom stereocenters. The summed E-state index contributed by atoms with van der Waals surface area (Å²) < 4.78 is 0. The number of aliphatic hydroxyl groups is 2. The number of urea groups is 2. The molecule has 18 N–H and O–H groups in total. The monoisotopic (exact) mass is 1220 g/mol. The molecule has 0 rings (SSSR count). The van der Waals surface area contributed by atoms with Gasteiger partial charge in [0.1, 0.15) is 5.54 Å². The molecule has 0 aliphatic carbocycles. The lowest BCUT2D eigenvalue weighted by Gasteiger charge is -2.50. The number of nitrogens with two attached hydrogens (primary N) is 3. The molecule has 18 heteroatoms. The van der Waals surface area contributed by atoms with Crippen LogP contribution in [0, 0.1) is 0 Å². The van der Waals surface area contributed by atoms with Gasteiger partial charge < -0.3 is 69.9 Å². The molecule has 0 radical (unpaired) electrons. The van der Waals surface area contributed by atoms with E-state index in [4.69, 9.17) is 17.2 Å². The van der Waals surface area contributed by atoms with Gasteiger partial charge in [-0.25, -0.2) is 9.59 Å². The van der Waals surface area contributed by atoms with E-state index in [0.29, 0.717) is 77.8 Å². The number of unbranched alkanes of at least 4 members (excludes halogenated alkanes) is 27. The first-order valence-corrected chi connectivity index (χ1v) is 36.2. The van der Waals surface area contributed by atoms with Crippen LogP contribution in [0.1, 0.15) is 277 Å². The van der Waals surface area contributed by atoms with Crippen LogP contribution < -0.4 is 70.6 Å². The van der Waals surface area contributed by atoms with E-state index in [1.54, 1.807) is 0 Å². The fraction of sp³-hybridized carbons (Fsp3) is 0.912. The minimum Gasteiger partial charge on any atom is -0.363 e. The minimum atomic E-state index is -2.36. The predicted octanol–water partition coefficient (Wildman–Crippen LogP) is 10.7. The fourth-order valence-electron chi connectivity index (χ4n) is 10.8. The second kappa shape index (κ2) is 66.9. The Balaban J connectivity index is 6.41. The maximum atomic E-state index is 14.1. The van der Waals surface area contributed by atoms with Gasteiger partial charge in [0.05, 0.1) is 6.54 Å². The molecule has 0 heterocycles. The molecule has 0 aromatic rings. The number of allylic oxidation sites excluding steroid dienone is 4. The van der Waals surface area contributed by atoms with E-state index in [2.05, 4.69) is 91.5 Å². The van der Waals surface area contributed by atoms with Crippen LogP contribution in [0.2, 0.25) is 0 Å². The van der Waals surface area contributed by atoms with Gasteiger partial charge in [-0.15, -0.1) is 5.12 Å². The molecule has 0 saturated carbocycles. The Labute approximate surface area is 529 Å². The van der Waals surface area contributed by atoms with Crippen LogP contribution >= 0.6 is 0 Å². The zero-order chi connectivity index (χ0) is 62.6. The molecule has 0 spiro atoms. The summed E-state index contributed by atoms with van der Waals surface area (Å²) in [6.07, 6.45) is 53.0. The van der Waals surface area contributed by atoms with Crippen LogP contribution in [0.5, 0.6) is 0 Å². The highest BCUT2D eigenvalue weighted by molar-refractivity contribution is 5.75. The first-order chi connectivity index (χ1) is 42.2. The van der Waals surface area contributed by atoms with Gasteiger partial charge in [0.2, 0.25) is 0 Å². The molecule has 18 nitrogen and oxygen atoms in total. The standard InChI is InChI=1S/C68H144N14O4/c1-3-5-7-9-11-13-15-17-19-21-23-25-27-29-31-33-46-67(68(85,86)64-77-56-40-39-53-74-59-43-50-71,47-34-32-30-28-26-24-22-20-18-16-14-12-10-8-6-4-2)82(80-65(83)78-62-44-60-75-54-37-35-51-72-57-41-48-69)81-66(84)79-63-45-61-76-55-38-36-52-73-58-42-49-70/h17-20,72-77,85-86H,3-16,21-64,69-71H2,1-2H3,(H2,78,80,83)(H2,79,81,84). The number of hydrazine groups is 2. The topological polar surface area (TPSA) is 276 Å². The highest BCUT2D eigenvalue weighted by atomic mass is 16.5. The van der Waals surface area contributed by atoms with Gasteiger partial charge in [0, 0.05) is 13.1 Å². The minimum absolute atomic E-state index is 0.139. The van der Waals surface area contributed by atoms with Crippen molar-refractivity contribution in [3.63, 3.8) is 0 Å². The number of rotatable bonds is 70. The van der Waals surface area contributed by atoms with Crippen LogP contribution in [-0.2, 0) is 0 Å². The SMILES string of the molecule is CCCCCCCCC=CCCCCCCCCC(CCCCCCCCC=CCCCCCCCC)(N(NC(=O)NCCCNCCCCNCCCN)NC(=O)NCCCNCCCCNCCCN)C(O)(O)CNCCCCNCCCN. The van der Waals surface area contributed by atoms with E-state index in [1.165, 1.54) is 95.0 Å². The van der Waals surface area contributed by atoms with Gasteiger partial charge in [-0.1, -0.05) is 167 Å². The second-order valence-electron chi connectivity index (χ2n) is 24.5. The molecule has 0 aliphatic rings. The summed E-state index contributed by atoms with van der Waals surface area (Å²) in [6.45, 7) is 16.7. The number of nitrogens with one attached hydrogen (secondary N) is 10. The molecule has 0 fully saturated rings. The summed E-state index contributed by atoms with van der Waals surface area (Å²) in [4.78, 5) is 28.3. The summed E-state index contributed by atoms with van der Waals surface area (Å²) in [5.41, 5.74) is 21.5. The van der Waals surface area contributed by atoms with Crippen LogP contribution in [0.4, 0.5) is 9.59 Å². The first kappa shape index (κ1) is 83.5. The maximum Gasteiger partial charge on any atom is 0.330 e. The van der Waals surface area contributed by atoms with Crippen molar-refractivity contribution >= 4 is 12.1 Å². The Morgan fingerprint density at radius 1 is 0.337 bits per heavy atom. The molecule has 0 aromatic carbocycles. The molecular weight excluding hydrogens is 1080 g/mol. The van der Waals surface area contributed by atoms with Crippen molar-refractivity contribution in [2.75, 3.05) is 111 Å². The molecule has 0 aliphatic heterocycles. The molecule has 86 heavy (non-hydrogen) atoms. The normalized spacial score (nSPS) is 12.7. The fourth-order valence-corrected chi connectivity index (χ4v) is 10.8. The molecule has 0 bridgehead atoms. The number of carbonyl (C=O) groups is 2. The highest BCUT2D eigenvalue weighted by Crippen LogP contribution is 2.37. The third-order valence-electron chi connectivity index (χ3n) is 16.4. The lowest BCUT2D eigenvalue weighted by molar-refractivity contribution is -0.264. The maximum absolute atomic E-state index is 14.1. The summed E-state index contributed by atoms with van der Waals surface area (Å²) in [5.74, 6) is -2.36. The predicted molar refractivity (Wildman–Crippen MR) is 368 cm³/mol. The summed E-state index contributed by atoms with van der Waals surface area (Å²) in [5, 5.41) is 53.7. The molecule has 0 atom stereocenters. The van der Waals surface area contributed by atoms with Gasteiger partial charge in [-0.05, 0) is 226 Å². The summed E-state index contributed by atoms with van der Waals surface area (Å²) in [6, 6.07) is -1.02. The number of amides is 4. The van der Waals surface area contributed by atoms with E-state index >= 15 is 0 Å². The van der Waals surface area contributed by atoms with Crippen molar-refractivity contribution < 1.29 is 19.8 Å². The van der Waals surface area contributed by atoms with Crippen molar-refractivity contribution in [2.24, 2.45) is 17.2 Å². The van der Waals surface area contributed by atoms with Crippen molar-refractivity contribution in [2.45, 2.75) is 288 Å². The number of hydrogen-bond donors (Lipinski definition) is 15. The smallest absolute Gasteiger partial charge is 0.330 e. The van der Waals surface area contributed by atoms with Gasteiger partial charge in [-0.3, -0.25) is 10.9 Å². The lowest BCUT2D eigenvalue weighted by atomic mass is 9.78. The number of carbonyl (C=O) groups excluding carboxylic acids is 2. The molecular formula is C68H144N14O4. The third-order valence-corrected chi connectivity index (χ3v) is 16.4. The van der Waals surface area contributed by atoms with Crippen molar-refractivity contribution in [1.29, 1.82) is 0 Å². The molecule has 510 valence electrons. The molecule has 0 saturated heterocycles. The van der Waals surface area contributed by atoms with Gasteiger partial charge in [-0.2, -0.15) is 0 Å². The average molecular weight is 1220 g/mol. The van der Waals surface area contributed by atoms with E-state index in [1.807, 2.05) is 0 Å². The van der Waals surface area contributed by atoms with Crippen LogP contribution in [-0.4, -0.2) is 150 Å².